The van der Waals surface area contributed by atoms with Gasteiger partial charge in [0.25, 0.3) is 5.69 Å². The fraction of sp³-hybridized carbons (Fsp3) is 0.0769. The first kappa shape index (κ1) is 15.1. The highest BCUT2D eigenvalue weighted by Crippen LogP contribution is 2.31. The molecule has 0 aromatic heterocycles. The van der Waals surface area contributed by atoms with Gasteiger partial charge in [0.2, 0.25) is 0 Å². The molecule has 0 spiro atoms. The summed E-state index contributed by atoms with van der Waals surface area (Å²) in [5, 5.41) is 14.7. The molecular formula is C13H9BrCl2N2O2. The van der Waals surface area contributed by atoms with E-state index in [1.54, 1.807) is 12.1 Å². The van der Waals surface area contributed by atoms with Crippen molar-refractivity contribution in [2.75, 3.05) is 5.32 Å². The van der Waals surface area contributed by atoms with Crippen LogP contribution in [0, 0.1) is 10.1 Å². The first-order chi connectivity index (χ1) is 9.49. The number of nitro groups is 1. The predicted molar refractivity (Wildman–Crippen MR) is 84.6 cm³/mol. The average Bonchev–Trinajstić information content (AvgIpc) is 2.41. The highest BCUT2D eigenvalue weighted by Gasteiger charge is 2.12. The quantitative estimate of drug-likeness (QED) is 0.584. The summed E-state index contributed by atoms with van der Waals surface area (Å²) in [7, 11) is 0. The van der Waals surface area contributed by atoms with E-state index < -0.39 is 4.92 Å². The van der Waals surface area contributed by atoms with E-state index >= 15 is 0 Å². The second kappa shape index (κ2) is 6.43. The predicted octanol–water partition coefficient (Wildman–Crippen LogP) is 5.28. The maximum atomic E-state index is 10.8. The van der Waals surface area contributed by atoms with Gasteiger partial charge >= 0.3 is 0 Å². The van der Waals surface area contributed by atoms with Crippen LogP contribution in [0.2, 0.25) is 10.0 Å². The fourth-order valence-corrected chi connectivity index (χ4v) is 2.41. The van der Waals surface area contributed by atoms with Crippen LogP contribution in [-0.2, 0) is 6.54 Å². The van der Waals surface area contributed by atoms with Crippen molar-refractivity contribution < 1.29 is 4.92 Å². The van der Waals surface area contributed by atoms with Gasteiger partial charge in [-0.3, -0.25) is 10.1 Å². The van der Waals surface area contributed by atoms with Gasteiger partial charge in [-0.05, 0) is 39.7 Å². The van der Waals surface area contributed by atoms with Crippen LogP contribution in [0.4, 0.5) is 11.4 Å². The number of nitrogens with zero attached hydrogens (tertiary/aromatic N) is 1. The molecule has 2 aromatic carbocycles. The summed E-state index contributed by atoms with van der Waals surface area (Å²) in [6.07, 6.45) is 0. The molecule has 0 aliphatic heterocycles. The minimum Gasteiger partial charge on any atom is -0.380 e. The Hall–Kier alpha value is -1.30. The van der Waals surface area contributed by atoms with Crippen LogP contribution >= 0.6 is 39.1 Å². The van der Waals surface area contributed by atoms with Gasteiger partial charge in [-0.2, -0.15) is 0 Å². The van der Waals surface area contributed by atoms with E-state index in [0.717, 1.165) is 15.7 Å². The number of nitrogens with one attached hydrogen (secondary N) is 1. The van der Waals surface area contributed by atoms with E-state index in [1.165, 1.54) is 12.1 Å². The van der Waals surface area contributed by atoms with E-state index in [1.807, 2.05) is 12.1 Å². The summed E-state index contributed by atoms with van der Waals surface area (Å²) < 4.78 is 0.755. The highest BCUT2D eigenvalue weighted by molar-refractivity contribution is 9.10. The molecule has 2 rings (SSSR count). The number of benzene rings is 2. The Morgan fingerprint density at radius 3 is 2.65 bits per heavy atom. The number of hydrogen-bond acceptors (Lipinski definition) is 3. The molecule has 0 aliphatic carbocycles. The molecule has 104 valence electrons. The molecule has 0 radical (unpaired) electrons. The van der Waals surface area contributed by atoms with Crippen LogP contribution in [-0.4, -0.2) is 4.92 Å². The third-order valence-corrected chi connectivity index (χ3v) is 4.36. The van der Waals surface area contributed by atoms with Gasteiger partial charge in [0.05, 0.1) is 20.1 Å². The zero-order chi connectivity index (χ0) is 14.7. The SMILES string of the molecule is O=[N+]([O-])c1cc(CNc2cccc(Cl)c2Br)ccc1Cl. The summed E-state index contributed by atoms with van der Waals surface area (Å²) in [5.41, 5.74) is 1.47. The van der Waals surface area contributed by atoms with Gasteiger partial charge in [-0.15, -0.1) is 0 Å². The molecule has 0 atom stereocenters. The Bertz CT molecular complexity index is 665. The van der Waals surface area contributed by atoms with Crippen LogP contribution in [0.15, 0.2) is 40.9 Å². The lowest BCUT2D eigenvalue weighted by molar-refractivity contribution is -0.384. The van der Waals surface area contributed by atoms with Crippen LogP contribution in [0.25, 0.3) is 0 Å². The molecule has 0 bridgehead atoms. The molecule has 0 aliphatic rings. The second-order valence-electron chi connectivity index (χ2n) is 4.00. The highest BCUT2D eigenvalue weighted by atomic mass is 79.9. The largest absolute Gasteiger partial charge is 0.380 e. The molecule has 0 fully saturated rings. The molecule has 0 saturated heterocycles. The Balaban J connectivity index is 2.17. The van der Waals surface area contributed by atoms with Crippen LogP contribution in [0.1, 0.15) is 5.56 Å². The summed E-state index contributed by atoms with van der Waals surface area (Å²) in [5.74, 6) is 0. The topological polar surface area (TPSA) is 55.2 Å². The van der Waals surface area contributed by atoms with Crippen molar-refractivity contribution >= 4 is 50.5 Å². The van der Waals surface area contributed by atoms with Crippen LogP contribution in [0.3, 0.4) is 0 Å². The summed E-state index contributed by atoms with van der Waals surface area (Å²) >= 11 is 15.1. The minimum atomic E-state index is -0.499. The van der Waals surface area contributed by atoms with Gasteiger partial charge in [0.1, 0.15) is 5.02 Å². The molecule has 7 heteroatoms. The van der Waals surface area contributed by atoms with Crippen molar-refractivity contribution in [1.82, 2.24) is 0 Å². The molecule has 0 saturated carbocycles. The maximum Gasteiger partial charge on any atom is 0.288 e. The van der Waals surface area contributed by atoms with Crippen molar-refractivity contribution in [2.24, 2.45) is 0 Å². The monoisotopic (exact) mass is 374 g/mol. The zero-order valence-corrected chi connectivity index (χ0v) is 13.2. The van der Waals surface area contributed by atoms with Crippen LogP contribution in [0.5, 0.6) is 0 Å². The molecule has 4 nitrogen and oxygen atoms in total. The van der Waals surface area contributed by atoms with Crippen molar-refractivity contribution in [3.8, 4) is 0 Å². The molecule has 1 N–H and O–H groups in total. The van der Waals surface area contributed by atoms with E-state index in [9.17, 15) is 10.1 Å². The van der Waals surface area contributed by atoms with Gasteiger partial charge in [0.15, 0.2) is 0 Å². The molecule has 2 aromatic rings. The van der Waals surface area contributed by atoms with Crippen molar-refractivity contribution in [2.45, 2.75) is 6.54 Å². The van der Waals surface area contributed by atoms with Crippen molar-refractivity contribution in [1.29, 1.82) is 0 Å². The van der Waals surface area contributed by atoms with Gasteiger partial charge in [-0.1, -0.05) is 35.3 Å². The van der Waals surface area contributed by atoms with Gasteiger partial charge in [-0.25, -0.2) is 0 Å². The van der Waals surface area contributed by atoms with E-state index in [0.29, 0.717) is 11.6 Å². The fourth-order valence-electron chi connectivity index (χ4n) is 1.65. The number of rotatable bonds is 4. The summed E-state index contributed by atoms with van der Waals surface area (Å²) in [4.78, 5) is 10.3. The number of anilines is 1. The average molecular weight is 376 g/mol. The maximum absolute atomic E-state index is 10.8. The first-order valence-corrected chi connectivity index (χ1v) is 7.14. The van der Waals surface area contributed by atoms with E-state index in [-0.39, 0.29) is 10.7 Å². The number of halogens is 3. The third-order valence-electron chi connectivity index (χ3n) is 2.64. The normalized spacial score (nSPS) is 10.3. The van der Waals surface area contributed by atoms with Crippen molar-refractivity contribution in [3.63, 3.8) is 0 Å². The third kappa shape index (κ3) is 3.42. The summed E-state index contributed by atoms with van der Waals surface area (Å²) in [6, 6.07) is 10.2. The molecule has 0 heterocycles. The van der Waals surface area contributed by atoms with Gasteiger partial charge in [0, 0.05) is 12.6 Å². The smallest absolute Gasteiger partial charge is 0.288 e. The zero-order valence-electron chi connectivity index (χ0n) is 10.1. The Labute approximate surface area is 134 Å². The lowest BCUT2D eigenvalue weighted by Crippen LogP contribution is -2.01. The minimum absolute atomic E-state index is 0.101. The number of hydrogen-bond donors (Lipinski definition) is 1. The van der Waals surface area contributed by atoms with Crippen LogP contribution < -0.4 is 5.32 Å². The van der Waals surface area contributed by atoms with Crippen molar-refractivity contribution in [3.05, 3.63) is 66.6 Å². The second-order valence-corrected chi connectivity index (χ2v) is 5.61. The first-order valence-electron chi connectivity index (χ1n) is 5.59. The van der Waals surface area contributed by atoms with Gasteiger partial charge < -0.3 is 5.32 Å². The molecule has 20 heavy (non-hydrogen) atoms. The van der Waals surface area contributed by atoms with E-state index in [4.69, 9.17) is 23.2 Å². The standard InChI is InChI=1S/C13H9BrCl2N2O2/c14-13-10(16)2-1-3-11(13)17-7-8-4-5-9(15)12(6-8)18(19)20/h1-6,17H,7H2. The molecule has 0 amide bonds. The lowest BCUT2D eigenvalue weighted by atomic mass is 10.2. The Kier molecular flexibility index (Phi) is 4.86. The molecule has 0 unspecified atom stereocenters. The summed E-state index contributed by atoms with van der Waals surface area (Å²) in [6.45, 7) is 0.428. The Morgan fingerprint density at radius 2 is 1.95 bits per heavy atom. The Morgan fingerprint density at radius 1 is 1.20 bits per heavy atom. The molecular weight excluding hydrogens is 367 g/mol. The lowest BCUT2D eigenvalue weighted by Gasteiger charge is -2.09. The van der Waals surface area contributed by atoms with E-state index in [2.05, 4.69) is 21.2 Å². The number of nitro benzene ring substituents is 1.